The van der Waals surface area contributed by atoms with Crippen LogP contribution in [0, 0.1) is 10.1 Å². The number of benzene rings is 2. The predicted octanol–water partition coefficient (Wildman–Crippen LogP) is 2.86. The summed E-state index contributed by atoms with van der Waals surface area (Å²) >= 11 is 0. The molecule has 0 bridgehead atoms. The average Bonchev–Trinajstić information content (AvgIpc) is 2.54. The topological polar surface area (TPSA) is 84.3 Å². The molecule has 6 heteroatoms. The minimum absolute atomic E-state index is 0.0659. The normalized spacial score (nSPS) is 10.5. The molecular weight excluding hydrogens is 284 g/mol. The zero-order chi connectivity index (χ0) is 15.8. The highest BCUT2D eigenvalue weighted by atomic mass is 16.7. The van der Waals surface area contributed by atoms with Crippen molar-refractivity contribution in [2.45, 2.75) is 6.54 Å². The molecule has 2 aromatic rings. The van der Waals surface area contributed by atoms with Crippen LogP contribution in [0.1, 0.15) is 11.1 Å². The van der Waals surface area contributed by atoms with E-state index in [4.69, 9.17) is 4.84 Å². The molecule has 0 amide bonds. The fourth-order valence-corrected chi connectivity index (χ4v) is 1.77. The molecule has 6 nitrogen and oxygen atoms in total. The zero-order valence-electron chi connectivity index (χ0n) is 11.6. The second kappa shape index (κ2) is 7.70. The van der Waals surface area contributed by atoms with E-state index in [2.05, 4.69) is 5.48 Å². The van der Waals surface area contributed by atoms with Gasteiger partial charge in [-0.15, -0.1) is 0 Å². The molecule has 0 heterocycles. The van der Waals surface area contributed by atoms with Crippen molar-refractivity contribution in [1.82, 2.24) is 5.48 Å². The monoisotopic (exact) mass is 298 g/mol. The molecule has 2 aromatic carbocycles. The summed E-state index contributed by atoms with van der Waals surface area (Å²) in [5.74, 6) is -0.630. The summed E-state index contributed by atoms with van der Waals surface area (Å²) in [5.41, 5.74) is 3.79. The molecule has 0 aliphatic rings. The van der Waals surface area contributed by atoms with Crippen molar-refractivity contribution in [3.05, 3.63) is 81.9 Å². The number of para-hydroxylation sites is 1. The van der Waals surface area contributed by atoms with E-state index >= 15 is 0 Å². The first-order valence-electron chi connectivity index (χ1n) is 6.56. The maximum atomic E-state index is 11.5. The zero-order valence-corrected chi connectivity index (χ0v) is 11.6. The second-order valence-corrected chi connectivity index (χ2v) is 4.38. The van der Waals surface area contributed by atoms with Gasteiger partial charge < -0.3 is 0 Å². The summed E-state index contributed by atoms with van der Waals surface area (Å²) in [4.78, 5) is 26.7. The third-order valence-electron chi connectivity index (χ3n) is 2.82. The van der Waals surface area contributed by atoms with E-state index in [1.807, 2.05) is 30.3 Å². The van der Waals surface area contributed by atoms with Crippen LogP contribution < -0.4 is 5.48 Å². The number of hydroxylamine groups is 1. The highest BCUT2D eigenvalue weighted by molar-refractivity contribution is 5.87. The number of nitro benzene ring substituents is 1. The summed E-state index contributed by atoms with van der Waals surface area (Å²) < 4.78 is 0. The molecule has 0 aliphatic carbocycles. The summed E-state index contributed by atoms with van der Waals surface area (Å²) in [6, 6.07) is 15.6. The minimum Gasteiger partial charge on any atom is -0.258 e. The van der Waals surface area contributed by atoms with Gasteiger partial charge in [-0.05, 0) is 23.2 Å². The van der Waals surface area contributed by atoms with Crippen LogP contribution in [-0.2, 0) is 16.2 Å². The maximum absolute atomic E-state index is 11.5. The second-order valence-electron chi connectivity index (χ2n) is 4.38. The van der Waals surface area contributed by atoms with Crippen LogP contribution in [0.4, 0.5) is 5.69 Å². The summed E-state index contributed by atoms with van der Waals surface area (Å²) in [6.07, 6.45) is 2.49. The first-order valence-corrected chi connectivity index (χ1v) is 6.56. The lowest BCUT2D eigenvalue weighted by Crippen LogP contribution is -2.17. The Hall–Kier alpha value is -2.99. The van der Waals surface area contributed by atoms with E-state index in [1.54, 1.807) is 18.2 Å². The summed E-state index contributed by atoms with van der Waals surface area (Å²) in [5, 5.41) is 10.8. The molecule has 0 atom stereocenters. The number of nitro groups is 1. The van der Waals surface area contributed by atoms with Gasteiger partial charge in [-0.25, -0.2) is 0 Å². The molecule has 2 rings (SSSR count). The molecule has 0 saturated heterocycles. The third kappa shape index (κ3) is 4.53. The third-order valence-corrected chi connectivity index (χ3v) is 2.82. The van der Waals surface area contributed by atoms with Crippen molar-refractivity contribution < 1.29 is 14.6 Å². The molecule has 1 N–H and O–H groups in total. The Balaban J connectivity index is 1.88. The maximum Gasteiger partial charge on any atom is 0.623 e. The number of nitrogens with zero attached hydrogens (tertiary/aromatic N) is 1. The van der Waals surface area contributed by atoms with Gasteiger partial charge in [0.2, 0.25) is 0 Å². The molecular formula is C16H14N2O4+. The van der Waals surface area contributed by atoms with E-state index in [9.17, 15) is 14.9 Å². The fourth-order valence-electron chi connectivity index (χ4n) is 1.77. The fraction of sp³-hybridized carbons (Fsp3) is 0.0625. The lowest BCUT2D eigenvalue weighted by molar-refractivity contribution is -0.385. The number of hydrogen-bond acceptors (Lipinski definition) is 5. The van der Waals surface area contributed by atoms with Gasteiger partial charge in [0.1, 0.15) is 0 Å². The number of nitrogens with one attached hydrogen (secondary N) is 1. The van der Waals surface area contributed by atoms with Gasteiger partial charge in [-0.1, -0.05) is 42.5 Å². The average molecular weight is 298 g/mol. The largest absolute Gasteiger partial charge is 0.623 e. The molecule has 0 unspecified atom stereocenters. The lowest BCUT2D eigenvalue weighted by atomic mass is 10.1. The number of carbonyl (C=O) groups excluding carboxylic acids is 1. The Morgan fingerprint density at radius 1 is 1.18 bits per heavy atom. The highest BCUT2D eigenvalue weighted by Crippen LogP contribution is 2.18. The van der Waals surface area contributed by atoms with Gasteiger partial charge in [-0.3, -0.25) is 10.1 Å². The minimum atomic E-state index is -0.630. The van der Waals surface area contributed by atoms with Gasteiger partial charge in [0.25, 0.3) is 5.69 Å². The van der Waals surface area contributed by atoms with Crippen LogP contribution in [0.25, 0.3) is 6.08 Å². The van der Waals surface area contributed by atoms with Crippen LogP contribution in [0.3, 0.4) is 0 Å². The quantitative estimate of drug-likeness (QED) is 0.383. The molecule has 0 saturated carbocycles. The molecule has 0 fully saturated rings. The van der Waals surface area contributed by atoms with Crippen LogP contribution in [0.15, 0.2) is 60.7 Å². The van der Waals surface area contributed by atoms with Gasteiger partial charge >= 0.3 is 5.97 Å². The first-order chi connectivity index (χ1) is 10.7. The van der Waals surface area contributed by atoms with E-state index in [1.165, 1.54) is 12.1 Å². The van der Waals surface area contributed by atoms with E-state index < -0.39 is 10.9 Å². The Morgan fingerprint density at radius 3 is 2.59 bits per heavy atom. The van der Waals surface area contributed by atoms with Crippen molar-refractivity contribution in [3.63, 3.8) is 0 Å². The Morgan fingerprint density at radius 2 is 1.86 bits per heavy atom. The smallest absolute Gasteiger partial charge is 0.258 e. The van der Waals surface area contributed by atoms with Crippen LogP contribution >= 0.6 is 0 Å². The Bertz CT molecular complexity index is 684. The first kappa shape index (κ1) is 15.4. The van der Waals surface area contributed by atoms with Gasteiger partial charge in [-0.2, -0.15) is 4.84 Å². The SMILES string of the molecule is O=[N+]([O-])c1ccccc1/C=C/C(=[O+])ONCc1ccccc1. The predicted molar refractivity (Wildman–Crippen MR) is 81.5 cm³/mol. The van der Waals surface area contributed by atoms with Crippen molar-refractivity contribution in [1.29, 1.82) is 0 Å². The molecule has 22 heavy (non-hydrogen) atoms. The summed E-state index contributed by atoms with van der Waals surface area (Å²) in [7, 11) is 0. The van der Waals surface area contributed by atoms with Gasteiger partial charge in [0.05, 0.1) is 27.9 Å². The Labute approximate surface area is 127 Å². The van der Waals surface area contributed by atoms with Crippen LogP contribution in [0.2, 0.25) is 0 Å². The van der Waals surface area contributed by atoms with E-state index in [0.29, 0.717) is 12.1 Å². The van der Waals surface area contributed by atoms with Crippen molar-refractivity contribution in [3.8, 4) is 0 Å². The van der Waals surface area contributed by atoms with Gasteiger partial charge in [0.15, 0.2) is 0 Å². The Kier molecular flexibility index (Phi) is 5.39. The van der Waals surface area contributed by atoms with Crippen molar-refractivity contribution >= 4 is 17.7 Å². The molecule has 111 valence electrons. The molecule has 0 aromatic heterocycles. The van der Waals surface area contributed by atoms with Gasteiger partial charge in [0, 0.05) is 6.07 Å². The lowest BCUT2D eigenvalue weighted by Gasteiger charge is -1.96. The molecule has 0 spiro atoms. The standard InChI is InChI=1S/C16H14N2O4/c19-16(22-17-12-13-6-2-1-3-7-13)11-10-14-8-4-5-9-15(14)18(20)21/h1-11,17H,12H2/q+1/b11-10+. The summed E-state index contributed by atoms with van der Waals surface area (Å²) in [6.45, 7) is 0.381. The molecule has 1 radical (unpaired) electrons. The van der Waals surface area contributed by atoms with Crippen LogP contribution in [0.5, 0.6) is 0 Å². The van der Waals surface area contributed by atoms with Crippen molar-refractivity contribution in [2.75, 3.05) is 0 Å². The van der Waals surface area contributed by atoms with E-state index in [0.717, 1.165) is 11.6 Å². The number of hydrogen-bond donors (Lipinski definition) is 1. The number of carbonyl (C=O) groups is 1. The highest BCUT2D eigenvalue weighted by Gasteiger charge is 2.15. The van der Waals surface area contributed by atoms with E-state index in [-0.39, 0.29) is 5.69 Å². The molecule has 0 aliphatic heterocycles. The van der Waals surface area contributed by atoms with Crippen LogP contribution in [-0.4, -0.2) is 10.9 Å². The number of rotatable bonds is 6. The van der Waals surface area contributed by atoms with Crippen molar-refractivity contribution in [2.24, 2.45) is 0 Å².